The van der Waals surface area contributed by atoms with E-state index in [0.717, 1.165) is 16.8 Å². The van der Waals surface area contributed by atoms with Crippen molar-refractivity contribution in [3.63, 3.8) is 0 Å². The number of carbonyl (C=O) groups is 1. The van der Waals surface area contributed by atoms with E-state index in [4.69, 9.17) is 0 Å². The predicted molar refractivity (Wildman–Crippen MR) is 75.7 cm³/mol. The van der Waals surface area contributed by atoms with Crippen LogP contribution in [0.3, 0.4) is 0 Å². The van der Waals surface area contributed by atoms with Crippen molar-refractivity contribution in [2.45, 2.75) is 6.92 Å². The van der Waals surface area contributed by atoms with Crippen molar-refractivity contribution < 1.29 is 4.79 Å². The third kappa shape index (κ3) is 2.86. The van der Waals surface area contributed by atoms with Crippen LogP contribution in [-0.2, 0) is 0 Å². The molecule has 0 aliphatic carbocycles. The maximum absolute atomic E-state index is 12.0. The molecular formula is C16H15NO. The monoisotopic (exact) mass is 237 g/mol. The molecule has 1 amide bonds. The van der Waals surface area contributed by atoms with Crippen molar-refractivity contribution in [3.8, 4) is 0 Å². The highest BCUT2D eigenvalue weighted by Gasteiger charge is 2.05. The van der Waals surface area contributed by atoms with Crippen LogP contribution in [0.5, 0.6) is 0 Å². The van der Waals surface area contributed by atoms with E-state index in [-0.39, 0.29) is 5.91 Å². The highest BCUT2D eigenvalue weighted by Crippen LogP contribution is 2.12. The SMILES string of the molecule is C=Cc1ccc(NC(=O)c2cccc(C)c2)cc1. The molecule has 2 aromatic rings. The Bertz CT molecular complexity index is 570. The number of amides is 1. The molecule has 0 atom stereocenters. The first-order chi connectivity index (χ1) is 8.69. The third-order valence-electron chi connectivity index (χ3n) is 2.68. The van der Waals surface area contributed by atoms with E-state index in [1.807, 2.05) is 49.4 Å². The zero-order valence-corrected chi connectivity index (χ0v) is 10.3. The number of hydrogen-bond donors (Lipinski definition) is 1. The quantitative estimate of drug-likeness (QED) is 0.862. The molecule has 1 N–H and O–H groups in total. The fraction of sp³-hybridized carbons (Fsp3) is 0.0625. The zero-order valence-electron chi connectivity index (χ0n) is 10.3. The number of rotatable bonds is 3. The van der Waals surface area contributed by atoms with Gasteiger partial charge in [0.15, 0.2) is 0 Å². The molecular weight excluding hydrogens is 222 g/mol. The van der Waals surface area contributed by atoms with Gasteiger partial charge in [-0.3, -0.25) is 4.79 Å². The Morgan fingerprint density at radius 3 is 2.50 bits per heavy atom. The van der Waals surface area contributed by atoms with Gasteiger partial charge in [0, 0.05) is 11.3 Å². The van der Waals surface area contributed by atoms with Gasteiger partial charge in [-0.15, -0.1) is 0 Å². The van der Waals surface area contributed by atoms with E-state index in [1.165, 1.54) is 0 Å². The third-order valence-corrected chi connectivity index (χ3v) is 2.68. The van der Waals surface area contributed by atoms with Gasteiger partial charge in [0.25, 0.3) is 5.91 Å². The number of anilines is 1. The van der Waals surface area contributed by atoms with Crippen LogP contribution in [0.1, 0.15) is 21.5 Å². The molecule has 18 heavy (non-hydrogen) atoms. The van der Waals surface area contributed by atoms with E-state index >= 15 is 0 Å². The Morgan fingerprint density at radius 1 is 1.17 bits per heavy atom. The molecule has 0 aromatic heterocycles. The molecule has 0 radical (unpaired) electrons. The Morgan fingerprint density at radius 2 is 1.89 bits per heavy atom. The summed E-state index contributed by atoms with van der Waals surface area (Å²) in [6.45, 7) is 5.66. The van der Waals surface area contributed by atoms with Crippen molar-refractivity contribution in [1.82, 2.24) is 0 Å². The summed E-state index contributed by atoms with van der Waals surface area (Å²) in [6.07, 6.45) is 1.77. The molecule has 2 aromatic carbocycles. The van der Waals surface area contributed by atoms with E-state index < -0.39 is 0 Å². The van der Waals surface area contributed by atoms with Crippen LogP contribution in [0.4, 0.5) is 5.69 Å². The van der Waals surface area contributed by atoms with Gasteiger partial charge < -0.3 is 5.32 Å². The van der Waals surface area contributed by atoms with E-state index in [9.17, 15) is 4.79 Å². The smallest absolute Gasteiger partial charge is 0.255 e. The lowest BCUT2D eigenvalue weighted by Gasteiger charge is -2.06. The van der Waals surface area contributed by atoms with Crippen molar-refractivity contribution in [3.05, 3.63) is 71.8 Å². The lowest BCUT2D eigenvalue weighted by atomic mass is 10.1. The molecule has 0 bridgehead atoms. The summed E-state index contributed by atoms with van der Waals surface area (Å²) in [4.78, 5) is 12.0. The number of hydrogen-bond acceptors (Lipinski definition) is 1. The molecule has 2 nitrogen and oxygen atoms in total. The number of aryl methyl sites for hydroxylation is 1. The van der Waals surface area contributed by atoms with E-state index in [2.05, 4.69) is 11.9 Å². The lowest BCUT2D eigenvalue weighted by Crippen LogP contribution is -2.11. The van der Waals surface area contributed by atoms with Crippen LogP contribution < -0.4 is 5.32 Å². The summed E-state index contributed by atoms with van der Waals surface area (Å²) in [5, 5.41) is 2.86. The normalized spacial score (nSPS) is 9.83. The molecule has 0 heterocycles. The molecule has 0 unspecified atom stereocenters. The van der Waals surface area contributed by atoms with Gasteiger partial charge in [0.2, 0.25) is 0 Å². The van der Waals surface area contributed by atoms with Crippen LogP contribution in [0.2, 0.25) is 0 Å². The molecule has 0 spiro atoms. The first-order valence-corrected chi connectivity index (χ1v) is 5.79. The standard InChI is InChI=1S/C16H15NO/c1-3-13-7-9-15(10-8-13)17-16(18)14-6-4-5-12(2)11-14/h3-11H,1H2,2H3,(H,17,18). The Labute approximate surface area is 107 Å². The fourth-order valence-corrected chi connectivity index (χ4v) is 1.69. The maximum atomic E-state index is 12.0. The van der Waals surface area contributed by atoms with Gasteiger partial charge in [-0.1, -0.05) is 42.5 Å². The van der Waals surface area contributed by atoms with Crippen LogP contribution in [-0.4, -0.2) is 5.91 Å². The van der Waals surface area contributed by atoms with Crippen molar-refractivity contribution in [1.29, 1.82) is 0 Å². The van der Waals surface area contributed by atoms with Crippen molar-refractivity contribution >= 4 is 17.7 Å². The number of carbonyl (C=O) groups excluding carboxylic acids is 1. The summed E-state index contributed by atoms with van der Waals surface area (Å²) in [5.41, 5.74) is 3.56. The largest absolute Gasteiger partial charge is 0.322 e. The van der Waals surface area contributed by atoms with Gasteiger partial charge in [-0.2, -0.15) is 0 Å². The summed E-state index contributed by atoms with van der Waals surface area (Å²) in [7, 11) is 0. The predicted octanol–water partition coefficient (Wildman–Crippen LogP) is 3.89. The van der Waals surface area contributed by atoms with E-state index in [1.54, 1.807) is 12.1 Å². The molecule has 2 heteroatoms. The second-order valence-corrected chi connectivity index (χ2v) is 4.15. The highest BCUT2D eigenvalue weighted by molar-refractivity contribution is 6.04. The molecule has 0 saturated carbocycles. The molecule has 0 aliphatic rings. The van der Waals surface area contributed by atoms with E-state index in [0.29, 0.717) is 5.56 Å². The number of benzene rings is 2. The van der Waals surface area contributed by atoms with Gasteiger partial charge in [0.1, 0.15) is 0 Å². The molecule has 0 fully saturated rings. The average molecular weight is 237 g/mol. The van der Waals surface area contributed by atoms with Crippen molar-refractivity contribution in [2.75, 3.05) is 5.32 Å². The molecule has 0 saturated heterocycles. The second kappa shape index (κ2) is 5.32. The second-order valence-electron chi connectivity index (χ2n) is 4.15. The van der Waals surface area contributed by atoms with Crippen LogP contribution in [0, 0.1) is 6.92 Å². The molecule has 90 valence electrons. The van der Waals surface area contributed by atoms with Crippen molar-refractivity contribution in [2.24, 2.45) is 0 Å². The Kier molecular flexibility index (Phi) is 3.58. The zero-order chi connectivity index (χ0) is 13.0. The number of nitrogens with one attached hydrogen (secondary N) is 1. The summed E-state index contributed by atoms with van der Waals surface area (Å²) < 4.78 is 0. The average Bonchev–Trinajstić information content (AvgIpc) is 2.39. The first kappa shape index (κ1) is 12.1. The van der Waals surface area contributed by atoms with Gasteiger partial charge >= 0.3 is 0 Å². The summed E-state index contributed by atoms with van der Waals surface area (Å²) in [6, 6.07) is 15.1. The van der Waals surface area contributed by atoms with Crippen LogP contribution >= 0.6 is 0 Å². The summed E-state index contributed by atoms with van der Waals surface area (Å²) in [5.74, 6) is -0.0925. The molecule has 0 aliphatic heterocycles. The Balaban J connectivity index is 2.13. The topological polar surface area (TPSA) is 29.1 Å². The summed E-state index contributed by atoms with van der Waals surface area (Å²) >= 11 is 0. The van der Waals surface area contributed by atoms with Gasteiger partial charge in [-0.25, -0.2) is 0 Å². The van der Waals surface area contributed by atoms with Gasteiger partial charge in [-0.05, 0) is 36.8 Å². The van der Waals surface area contributed by atoms with Gasteiger partial charge in [0.05, 0.1) is 0 Å². The highest BCUT2D eigenvalue weighted by atomic mass is 16.1. The fourth-order valence-electron chi connectivity index (χ4n) is 1.69. The maximum Gasteiger partial charge on any atom is 0.255 e. The molecule has 2 rings (SSSR count). The first-order valence-electron chi connectivity index (χ1n) is 5.79. The minimum absolute atomic E-state index is 0.0925. The van der Waals surface area contributed by atoms with Crippen LogP contribution in [0.15, 0.2) is 55.1 Å². The lowest BCUT2D eigenvalue weighted by molar-refractivity contribution is 0.102. The Hall–Kier alpha value is -2.35. The minimum atomic E-state index is -0.0925. The van der Waals surface area contributed by atoms with Crippen LogP contribution in [0.25, 0.3) is 6.08 Å². The minimum Gasteiger partial charge on any atom is -0.322 e.